The Hall–Kier alpha value is -3.37. The van der Waals surface area contributed by atoms with Crippen molar-refractivity contribution in [2.24, 2.45) is 7.05 Å². The molecule has 1 atom stereocenters. The lowest BCUT2D eigenvalue weighted by molar-refractivity contribution is 0.0303. The zero-order valence-electron chi connectivity index (χ0n) is 17.8. The quantitative estimate of drug-likeness (QED) is 0.472. The second-order valence-corrected chi connectivity index (χ2v) is 8.98. The highest BCUT2D eigenvalue weighted by atomic mass is 32.2. The van der Waals surface area contributed by atoms with Gasteiger partial charge in [-0.05, 0) is 12.1 Å². The molecule has 0 bridgehead atoms. The van der Waals surface area contributed by atoms with Crippen LogP contribution in [0.25, 0.3) is 28.0 Å². The molecule has 1 aliphatic rings. The smallest absolute Gasteiger partial charge is 0.254 e. The van der Waals surface area contributed by atoms with E-state index in [9.17, 15) is 9.00 Å². The number of rotatable bonds is 4. The van der Waals surface area contributed by atoms with Crippen molar-refractivity contribution in [3.8, 4) is 17.1 Å². The molecule has 1 fully saturated rings. The van der Waals surface area contributed by atoms with Crippen LogP contribution < -0.4 is 0 Å². The van der Waals surface area contributed by atoms with E-state index in [2.05, 4.69) is 15.1 Å². The van der Waals surface area contributed by atoms with E-state index in [-0.39, 0.29) is 5.91 Å². The van der Waals surface area contributed by atoms with E-state index in [1.165, 1.54) is 0 Å². The molecule has 0 radical (unpaired) electrons. The lowest BCUT2D eigenvalue weighted by Gasteiger charge is -2.26. The van der Waals surface area contributed by atoms with Gasteiger partial charge in [0.15, 0.2) is 0 Å². The average molecular weight is 451 g/mol. The van der Waals surface area contributed by atoms with Gasteiger partial charge in [0.1, 0.15) is 0 Å². The number of ether oxygens (including phenoxy) is 1. The van der Waals surface area contributed by atoms with Crippen molar-refractivity contribution in [1.29, 1.82) is 0 Å². The van der Waals surface area contributed by atoms with Crippen LogP contribution in [0.3, 0.4) is 0 Å². The van der Waals surface area contributed by atoms with E-state index in [1.54, 1.807) is 51.3 Å². The third-order valence-electron chi connectivity index (χ3n) is 5.52. The Bertz CT molecular complexity index is 1320. The molecule has 32 heavy (non-hydrogen) atoms. The molecular weight excluding hydrogens is 428 g/mol. The summed E-state index contributed by atoms with van der Waals surface area (Å²) in [4.78, 5) is 24.5. The summed E-state index contributed by atoms with van der Waals surface area (Å²) in [5.74, 6) is 0.394. The monoisotopic (exact) mass is 450 g/mol. The molecule has 1 aromatic carbocycles. The summed E-state index contributed by atoms with van der Waals surface area (Å²) in [5.41, 5.74) is 3.08. The number of benzene rings is 1. The van der Waals surface area contributed by atoms with Crippen LogP contribution in [0.4, 0.5) is 0 Å². The molecule has 4 aromatic rings. The van der Waals surface area contributed by atoms with E-state index in [1.807, 2.05) is 25.4 Å². The van der Waals surface area contributed by atoms with E-state index >= 15 is 0 Å². The van der Waals surface area contributed by atoms with E-state index in [4.69, 9.17) is 4.74 Å². The molecule has 9 nitrogen and oxygen atoms in total. The minimum absolute atomic E-state index is 0.0463. The minimum Gasteiger partial charge on any atom is -0.378 e. The molecule has 0 spiro atoms. The first-order valence-electron chi connectivity index (χ1n) is 10.2. The van der Waals surface area contributed by atoms with Crippen LogP contribution in [-0.4, -0.2) is 71.9 Å². The molecule has 164 valence electrons. The summed E-state index contributed by atoms with van der Waals surface area (Å²) in [7, 11) is 0.645. The predicted molar refractivity (Wildman–Crippen MR) is 120 cm³/mol. The lowest BCUT2D eigenvalue weighted by Crippen LogP contribution is -2.40. The summed E-state index contributed by atoms with van der Waals surface area (Å²) in [6, 6.07) is 5.45. The zero-order chi connectivity index (χ0) is 22.2. The van der Waals surface area contributed by atoms with Gasteiger partial charge in [-0.2, -0.15) is 5.10 Å². The van der Waals surface area contributed by atoms with Crippen molar-refractivity contribution in [3.63, 3.8) is 0 Å². The normalized spacial score (nSPS) is 15.2. The van der Waals surface area contributed by atoms with E-state index < -0.39 is 10.8 Å². The highest BCUT2D eigenvalue weighted by molar-refractivity contribution is 7.84. The van der Waals surface area contributed by atoms with Crippen LogP contribution >= 0.6 is 0 Å². The second-order valence-electron chi connectivity index (χ2n) is 7.63. The molecule has 0 N–H and O–H groups in total. The van der Waals surface area contributed by atoms with Crippen molar-refractivity contribution in [2.45, 2.75) is 4.90 Å². The number of fused-ring (bicyclic) bond motifs is 1. The van der Waals surface area contributed by atoms with Crippen LogP contribution in [0, 0.1) is 0 Å². The molecular formula is C22H22N6O3S. The summed E-state index contributed by atoms with van der Waals surface area (Å²) >= 11 is 0. The molecule has 1 unspecified atom stereocenters. The van der Waals surface area contributed by atoms with Gasteiger partial charge in [-0.1, -0.05) is 6.07 Å². The van der Waals surface area contributed by atoms with Crippen LogP contribution in [0.2, 0.25) is 0 Å². The van der Waals surface area contributed by atoms with Gasteiger partial charge in [0.2, 0.25) is 5.95 Å². The second kappa shape index (κ2) is 8.29. The number of hydrogen-bond acceptors (Lipinski definition) is 6. The first-order valence-corrected chi connectivity index (χ1v) is 11.7. The maximum atomic E-state index is 13.0. The summed E-state index contributed by atoms with van der Waals surface area (Å²) < 4.78 is 21.2. The highest BCUT2D eigenvalue weighted by Gasteiger charge is 2.21. The summed E-state index contributed by atoms with van der Waals surface area (Å²) in [5, 5.41) is 4.99. The Morgan fingerprint density at radius 2 is 1.81 bits per heavy atom. The Morgan fingerprint density at radius 1 is 1.06 bits per heavy atom. The van der Waals surface area contributed by atoms with Gasteiger partial charge in [0.25, 0.3) is 5.91 Å². The van der Waals surface area contributed by atoms with Gasteiger partial charge < -0.3 is 9.64 Å². The molecule has 1 amide bonds. The highest BCUT2D eigenvalue weighted by Crippen LogP contribution is 2.28. The summed E-state index contributed by atoms with van der Waals surface area (Å²) in [6.07, 6.45) is 10.5. The van der Waals surface area contributed by atoms with Gasteiger partial charge in [0, 0.05) is 73.3 Å². The van der Waals surface area contributed by atoms with E-state index in [0.29, 0.717) is 42.7 Å². The van der Waals surface area contributed by atoms with Crippen LogP contribution in [0.15, 0.2) is 54.1 Å². The first-order chi connectivity index (χ1) is 15.5. The molecule has 1 saturated heterocycles. The van der Waals surface area contributed by atoms with Crippen molar-refractivity contribution >= 4 is 27.6 Å². The first kappa shape index (κ1) is 20.5. The maximum absolute atomic E-state index is 13.0. The molecule has 5 rings (SSSR count). The Morgan fingerprint density at radius 3 is 2.47 bits per heavy atom. The fraction of sp³-hybridized carbons (Fsp3) is 0.273. The van der Waals surface area contributed by atoms with Gasteiger partial charge in [-0.25, -0.2) is 9.97 Å². The average Bonchev–Trinajstić information content (AvgIpc) is 3.43. The number of aromatic nitrogens is 5. The topological polar surface area (TPSA) is 95.1 Å². The van der Waals surface area contributed by atoms with Crippen LogP contribution in [-0.2, 0) is 22.6 Å². The van der Waals surface area contributed by atoms with Gasteiger partial charge >= 0.3 is 0 Å². The fourth-order valence-electron chi connectivity index (χ4n) is 3.84. The van der Waals surface area contributed by atoms with Crippen molar-refractivity contribution in [1.82, 2.24) is 29.2 Å². The van der Waals surface area contributed by atoms with Gasteiger partial charge in [0.05, 0.1) is 40.6 Å². The number of morpholine rings is 1. The predicted octanol–water partition coefficient (Wildman–Crippen LogP) is 2.03. The third kappa shape index (κ3) is 3.71. The number of hydrogen-bond donors (Lipinski definition) is 0. The minimum atomic E-state index is -1.21. The van der Waals surface area contributed by atoms with Crippen molar-refractivity contribution in [2.75, 3.05) is 32.6 Å². The lowest BCUT2D eigenvalue weighted by atomic mass is 10.1. The summed E-state index contributed by atoms with van der Waals surface area (Å²) in [6.45, 7) is 2.23. The van der Waals surface area contributed by atoms with Crippen LogP contribution in [0.5, 0.6) is 0 Å². The SMILES string of the molecule is Cn1cc(-c2cnc(-n3cc(S(C)=O)c4ccc(C(=O)N5CCOCC5)cc43)nc2)cn1. The zero-order valence-corrected chi connectivity index (χ0v) is 18.6. The van der Waals surface area contributed by atoms with Crippen molar-refractivity contribution in [3.05, 3.63) is 54.7 Å². The Balaban J connectivity index is 1.57. The standard InChI is InChI=1S/C22H22N6O3S/c1-26-13-17(12-25-26)16-10-23-22(24-11-16)28-14-20(32(2)30)18-4-3-15(9-19(18)28)21(29)27-5-7-31-8-6-27/h3-4,9-14H,5-8H2,1-2H3. The van der Waals surface area contributed by atoms with E-state index in [0.717, 1.165) is 22.0 Å². The number of carbonyl (C=O) groups is 1. The number of aryl methyl sites for hydroxylation is 1. The van der Waals surface area contributed by atoms with Gasteiger partial charge in [-0.3, -0.25) is 18.3 Å². The molecule has 10 heteroatoms. The molecule has 1 aliphatic heterocycles. The van der Waals surface area contributed by atoms with Crippen molar-refractivity contribution < 1.29 is 13.7 Å². The largest absolute Gasteiger partial charge is 0.378 e. The fourth-order valence-corrected chi connectivity index (χ4v) is 4.57. The molecule has 0 saturated carbocycles. The number of carbonyl (C=O) groups excluding carboxylic acids is 1. The molecule has 0 aliphatic carbocycles. The number of amides is 1. The molecule has 3 aromatic heterocycles. The molecule has 4 heterocycles. The van der Waals surface area contributed by atoms with Crippen LogP contribution in [0.1, 0.15) is 10.4 Å². The maximum Gasteiger partial charge on any atom is 0.254 e. The number of nitrogens with zero attached hydrogens (tertiary/aromatic N) is 6. The van der Waals surface area contributed by atoms with Gasteiger partial charge in [-0.15, -0.1) is 0 Å². The Kier molecular flexibility index (Phi) is 5.32. The third-order valence-corrected chi connectivity index (χ3v) is 6.46. The Labute approximate surface area is 187 Å².